The fourth-order valence-corrected chi connectivity index (χ4v) is 13.0. The van der Waals surface area contributed by atoms with Crippen LogP contribution in [-0.2, 0) is 48.7 Å². The van der Waals surface area contributed by atoms with Crippen LogP contribution in [0.3, 0.4) is 0 Å². The van der Waals surface area contributed by atoms with Crippen LogP contribution in [0.4, 0.5) is 57.1 Å². The molecule has 30 nitrogen and oxygen atoms in total. The molecule has 43 heteroatoms. The van der Waals surface area contributed by atoms with Gasteiger partial charge in [-0.1, -0.05) is 64.7 Å². The van der Waals surface area contributed by atoms with Crippen molar-refractivity contribution in [1.29, 1.82) is 0 Å². The van der Waals surface area contributed by atoms with Gasteiger partial charge in [-0.25, -0.2) is 57.7 Å². The number of hydrogen-bond donors (Lipinski definition) is 5. The van der Waals surface area contributed by atoms with Gasteiger partial charge in [0.1, 0.15) is 43.1 Å². The standard InChI is InChI=1S/C19H16F3N5O2.C19H16F3N5O.C19H18N4O.C18H13F4N5O.C18H14F3N5O/c1-11-5-13(7-14(6-11)19(20,21)22)18-25-10-27(26-18)9-15(17(23)28)12-3-4-16(29-2)24-8-12;1-11-5-12(2)7-14(6-11)18-25-10-27(26-18)9-15(17(23)28)13-3-4-24-16(8-13)19(20,21)22;1-13-8-14(2)10-16(9-13)19-21-12-23(22-19)11-17(18(20)24)15-6-4-3-5-7-15;1-10-2-11(4-13(3-10)18(20,21)22)17-25-9-27(26-17)8-15(16(23)28)12-5-14(19)7-24-6-12;1-11-6-13(8-14(7-11)18(19,20)21)17-24-10-26(25-17)9-15(16(22)27)12-2-4-23-5-3-12/h3-10H,1-2H3,(H2,23,28);3-10H,1-2H3,(H2,23,28);3-12H,1-2H3,(H2,20,24);2-9H,1H3,(H2,23,28);2-10H,1H3,(H2,22,27)/b2*15-9+;17-11+;15-8+;15-9+. The second-order valence-electron chi connectivity index (χ2n) is 29.8. The highest BCUT2D eigenvalue weighted by Gasteiger charge is 2.36. The van der Waals surface area contributed by atoms with Crippen molar-refractivity contribution >= 4 is 88.4 Å². The molecule has 15 aromatic rings. The number of halogens is 13. The van der Waals surface area contributed by atoms with Crippen LogP contribution in [0.5, 0.6) is 5.88 Å². The number of carbonyl (C=O) groups is 5. The molecule has 136 heavy (non-hydrogen) atoms. The fraction of sp³-hybridized carbons (Fsp3) is 0.129. The molecule has 0 saturated carbocycles. The van der Waals surface area contributed by atoms with Crippen molar-refractivity contribution in [3.05, 3.63) is 328 Å². The summed E-state index contributed by atoms with van der Waals surface area (Å²) in [6.45, 7) is 12.6. The van der Waals surface area contributed by atoms with Crippen molar-refractivity contribution in [1.82, 2.24) is 93.8 Å². The molecule has 0 radical (unpaired) electrons. The third-order valence-corrected chi connectivity index (χ3v) is 18.8. The van der Waals surface area contributed by atoms with Crippen LogP contribution < -0.4 is 33.4 Å². The van der Waals surface area contributed by atoms with Crippen molar-refractivity contribution in [2.75, 3.05) is 7.11 Å². The SMILES string of the molecule is COc1ccc(/C(=C\n2cnc(-c3cc(C)cc(C(F)(F)F)c3)n2)C(N)=O)cn1.Cc1cc(-c2ncn(/C=C(/C(N)=O)c3ccncc3)n2)cc(C(F)(F)F)c1.Cc1cc(-c2ncn(/C=C(/C(N)=O)c3cncc(F)c3)n2)cc(C(F)(F)F)c1.Cc1cc(C)cc(-c2ncn(/C=C(/C(N)=O)c3ccccc3)n2)c1.Cc1cc(C)cc(-c2ncn(/C=C(/C(N)=O)c3ccnc(C(F)(F)F)c3)n2)c1. The summed E-state index contributed by atoms with van der Waals surface area (Å²) in [5, 5.41) is 21.0. The Morgan fingerprint density at radius 3 is 0.919 bits per heavy atom. The Morgan fingerprint density at radius 1 is 0.301 bits per heavy atom. The summed E-state index contributed by atoms with van der Waals surface area (Å²) < 4.78 is 180. The molecule has 15 rings (SSSR count). The lowest BCUT2D eigenvalue weighted by atomic mass is 10.1. The molecule has 9 aromatic heterocycles. The zero-order chi connectivity index (χ0) is 98.8. The monoisotopic (exact) mass is 1870 g/mol. The third kappa shape index (κ3) is 27.1. The Kier molecular flexibility index (Phi) is 31.1. The molecule has 0 fully saturated rings. The minimum absolute atomic E-state index is 0.0155. The first-order chi connectivity index (χ1) is 64.2. The number of primary amides is 5. The van der Waals surface area contributed by atoms with Gasteiger partial charge < -0.3 is 33.4 Å². The zero-order valence-corrected chi connectivity index (χ0v) is 72.6. The van der Waals surface area contributed by atoms with Gasteiger partial charge in [-0.15, -0.1) is 25.5 Å². The lowest BCUT2D eigenvalue weighted by Crippen LogP contribution is -2.15. The molecule has 0 aliphatic heterocycles. The number of alkyl halides is 12. The Morgan fingerprint density at radius 2 is 0.610 bits per heavy atom. The zero-order valence-electron chi connectivity index (χ0n) is 72.6. The van der Waals surface area contributed by atoms with Crippen molar-refractivity contribution in [3.8, 4) is 62.8 Å². The van der Waals surface area contributed by atoms with Crippen molar-refractivity contribution < 1.29 is 85.8 Å². The Balaban J connectivity index is 0.000000163. The van der Waals surface area contributed by atoms with E-state index in [1.54, 1.807) is 62.8 Å². The van der Waals surface area contributed by atoms with Gasteiger partial charge in [-0.2, -0.15) is 52.7 Å². The maximum atomic E-state index is 13.4. The lowest BCUT2D eigenvalue weighted by molar-refractivity contribution is -0.141. The number of nitrogens with two attached hydrogens (primary N) is 5. The van der Waals surface area contributed by atoms with Crippen molar-refractivity contribution in [2.45, 2.75) is 73.2 Å². The molecule has 0 aliphatic rings. The molecule has 0 aliphatic carbocycles. The summed E-state index contributed by atoms with van der Waals surface area (Å²) in [4.78, 5) is 94.2. The van der Waals surface area contributed by atoms with Gasteiger partial charge in [0.2, 0.25) is 5.88 Å². The summed E-state index contributed by atoms with van der Waals surface area (Å²) in [6.07, 6.45) is 2.86. The quantitative estimate of drug-likeness (QED) is 0.0329. The van der Waals surface area contributed by atoms with Crippen LogP contribution in [0.1, 0.15) is 89.1 Å². The average Bonchev–Trinajstić information content (AvgIpc) is 1.60. The van der Waals surface area contributed by atoms with E-state index in [9.17, 15) is 81.0 Å². The number of pyridine rings is 4. The predicted octanol–water partition coefficient (Wildman–Crippen LogP) is 16.1. The largest absolute Gasteiger partial charge is 0.481 e. The van der Waals surface area contributed by atoms with Crippen LogP contribution >= 0.6 is 0 Å². The molecule has 10 N–H and O–H groups in total. The van der Waals surface area contributed by atoms with Gasteiger partial charge >= 0.3 is 24.7 Å². The highest BCUT2D eigenvalue weighted by Crippen LogP contribution is 2.37. The number of methoxy groups -OCH3 is 1. The lowest BCUT2D eigenvalue weighted by Gasteiger charge is -2.09. The number of aromatic nitrogens is 19. The van der Waals surface area contributed by atoms with Crippen LogP contribution in [0.2, 0.25) is 0 Å². The summed E-state index contributed by atoms with van der Waals surface area (Å²) in [7, 11) is 1.46. The number of aryl methyl sites for hydroxylation is 7. The molecule has 0 unspecified atom stereocenters. The fourth-order valence-electron chi connectivity index (χ4n) is 13.0. The van der Waals surface area contributed by atoms with E-state index < -0.39 is 82.4 Å². The van der Waals surface area contributed by atoms with E-state index in [4.69, 9.17) is 33.4 Å². The van der Waals surface area contributed by atoms with E-state index in [-0.39, 0.29) is 67.6 Å². The molecule has 0 atom stereocenters. The molecule has 0 saturated heterocycles. The van der Waals surface area contributed by atoms with E-state index in [2.05, 4.69) is 76.4 Å². The van der Waals surface area contributed by atoms with Crippen molar-refractivity contribution in [3.63, 3.8) is 0 Å². The number of ether oxygens (including phenoxy) is 1. The molecule has 0 spiro atoms. The van der Waals surface area contributed by atoms with Crippen molar-refractivity contribution in [2.24, 2.45) is 28.7 Å². The van der Waals surface area contributed by atoms with Gasteiger partial charge in [0.15, 0.2) is 29.1 Å². The first kappa shape index (κ1) is 99.1. The van der Waals surface area contributed by atoms with Gasteiger partial charge in [0.25, 0.3) is 29.5 Å². The van der Waals surface area contributed by atoms with Gasteiger partial charge in [0, 0.05) is 107 Å². The molecule has 696 valence electrons. The molecule has 0 bridgehead atoms. The highest BCUT2D eigenvalue weighted by atomic mass is 19.4. The number of carbonyl (C=O) groups excluding carboxylic acids is 5. The van der Waals surface area contributed by atoms with Gasteiger partial charge in [-0.3, -0.25) is 38.9 Å². The van der Waals surface area contributed by atoms with E-state index in [0.29, 0.717) is 50.9 Å². The number of nitrogens with zero attached hydrogens (tertiary/aromatic N) is 19. The molecular weight excluding hydrogens is 1800 g/mol. The Labute approximate surface area is 763 Å². The summed E-state index contributed by atoms with van der Waals surface area (Å²) in [6, 6.07) is 41.3. The molecule has 9 heterocycles. The third-order valence-electron chi connectivity index (χ3n) is 18.8. The van der Waals surface area contributed by atoms with Crippen LogP contribution in [0, 0.1) is 54.3 Å². The first-order valence-corrected chi connectivity index (χ1v) is 39.7. The topological polar surface area (TPSA) is 430 Å². The van der Waals surface area contributed by atoms with Crippen LogP contribution in [0.15, 0.2) is 233 Å². The second kappa shape index (κ2) is 42.6. The average molecular weight is 1870 g/mol. The first-order valence-electron chi connectivity index (χ1n) is 39.7. The molecule has 6 aromatic carbocycles. The Bertz CT molecular complexity index is 7030. The van der Waals surface area contributed by atoms with E-state index in [1.807, 2.05) is 88.4 Å². The maximum Gasteiger partial charge on any atom is 0.433 e. The number of amides is 5. The Hall–Kier alpha value is -17.4. The predicted molar refractivity (Wildman–Crippen MR) is 477 cm³/mol. The maximum absolute atomic E-state index is 13.4. The minimum atomic E-state index is -4.64. The molecular formula is C93H77F13N24O6. The van der Waals surface area contributed by atoms with E-state index in [1.165, 1.54) is 120 Å². The van der Waals surface area contributed by atoms with Gasteiger partial charge in [0.05, 0.1) is 57.9 Å². The van der Waals surface area contributed by atoms with Gasteiger partial charge in [-0.05, 0) is 197 Å². The number of benzene rings is 6. The summed E-state index contributed by atoms with van der Waals surface area (Å²) in [5.74, 6) is -2.78. The normalized spacial score (nSPS) is 12.1. The van der Waals surface area contributed by atoms with Crippen LogP contribution in [-0.4, -0.2) is 130 Å². The number of hydrogen-bond acceptors (Lipinski definition) is 20. The number of rotatable bonds is 21. The summed E-state index contributed by atoms with van der Waals surface area (Å²) in [5.41, 5.74) is 33.7. The molecule has 5 amide bonds. The van der Waals surface area contributed by atoms with E-state index >= 15 is 0 Å². The highest BCUT2D eigenvalue weighted by molar-refractivity contribution is 6.24. The second-order valence-corrected chi connectivity index (χ2v) is 29.8. The smallest absolute Gasteiger partial charge is 0.433 e. The minimum Gasteiger partial charge on any atom is -0.481 e. The van der Waals surface area contributed by atoms with E-state index in [0.717, 1.165) is 105 Å². The summed E-state index contributed by atoms with van der Waals surface area (Å²) >= 11 is 0. The van der Waals surface area contributed by atoms with Crippen LogP contribution in [0.25, 0.3) is 116 Å².